The molecule has 0 aromatic heterocycles. The molecule has 46 valence electrons. The van der Waals surface area contributed by atoms with Crippen molar-refractivity contribution in [2.75, 3.05) is 6.54 Å². The average molecular weight is 134 g/mol. The van der Waals surface area contributed by atoms with Gasteiger partial charge in [-0.05, 0) is 23.0 Å². The zero-order valence-corrected chi connectivity index (χ0v) is 5.97. The Kier molecular flexibility index (Phi) is 1.35. The van der Waals surface area contributed by atoms with Crippen molar-refractivity contribution >= 4 is 8.69 Å². The fourth-order valence-corrected chi connectivity index (χ4v) is 0.919. The van der Waals surface area contributed by atoms with Gasteiger partial charge in [-0.3, -0.25) is 0 Å². The van der Waals surface area contributed by atoms with Gasteiger partial charge in [-0.1, -0.05) is 0 Å². The molecule has 1 heterocycles. The lowest BCUT2D eigenvalue weighted by atomic mass is 10.2. The quantitative estimate of drug-likeness (QED) is 0.416. The van der Waals surface area contributed by atoms with Crippen LogP contribution in [0.4, 0.5) is 0 Å². The van der Waals surface area contributed by atoms with Crippen LogP contribution in [0.15, 0.2) is 0 Å². The summed E-state index contributed by atoms with van der Waals surface area (Å²) in [7, 11) is -0.657. The molecule has 1 saturated heterocycles. The van der Waals surface area contributed by atoms with Crippen molar-refractivity contribution in [1.29, 1.82) is 0 Å². The lowest BCUT2D eigenvalue weighted by molar-refractivity contribution is 0.0525. The highest BCUT2D eigenvalue weighted by Gasteiger charge is 2.47. The molecule has 3 nitrogen and oxygen atoms in total. The van der Waals surface area contributed by atoms with Crippen LogP contribution in [0.5, 0.6) is 0 Å². The van der Waals surface area contributed by atoms with Crippen LogP contribution >= 0.6 is 8.69 Å². The third-order valence-corrected chi connectivity index (χ3v) is 1.54. The summed E-state index contributed by atoms with van der Waals surface area (Å²) in [6.07, 6.45) is 0. The second-order valence-electron chi connectivity index (χ2n) is 2.52. The molecular weight excluding hydrogens is 125 g/mol. The highest BCUT2D eigenvalue weighted by Crippen LogP contribution is 2.32. The van der Waals surface area contributed by atoms with Crippen molar-refractivity contribution in [1.82, 2.24) is 5.06 Å². The minimum atomic E-state index is -0.657. The van der Waals surface area contributed by atoms with Crippen LogP contribution in [0, 0.1) is 0 Å². The molecule has 1 aliphatic heterocycles. The standard InChI is InChI=1S/C4H9NO2P/c1-4(2)3-5(4)7-8-6/h8H,3H2,1-2H3/q+1. The molecule has 0 bridgehead atoms. The average Bonchev–Trinajstić information content (AvgIpc) is 2.15. The first-order valence-electron chi connectivity index (χ1n) is 2.48. The lowest BCUT2D eigenvalue weighted by Crippen LogP contribution is -2.04. The van der Waals surface area contributed by atoms with Crippen LogP contribution in [-0.4, -0.2) is 17.1 Å². The molecule has 0 spiro atoms. The van der Waals surface area contributed by atoms with Crippen molar-refractivity contribution in [3.63, 3.8) is 0 Å². The molecule has 1 aliphatic rings. The molecule has 0 N–H and O–H groups in total. The summed E-state index contributed by atoms with van der Waals surface area (Å²) < 4.78 is 14.5. The Morgan fingerprint density at radius 3 is 2.38 bits per heavy atom. The molecule has 1 fully saturated rings. The monoisotopic (exact) mass is 134 g/mol. The van der Waals surface area contributed by atoms with Gasteiger partial charge in [-0.2, -0.15) is 0 Å². The largest absolute Gasteiger partial charge is 0.513 e. The number of nitrogens with zero attached hydrogens (tertiary/aromatic N) is 1. The highest BCUT2D eigenvalue weighted by atomic mass is 31.1. The first-order chi connectivity index (χ1) is 3.67. The summed E-state index contributed by atoms with van der Waals surface area (Å²) in [4.78, 5) is 0. The van der Waals surface area contributed by atoms with E-state index >= 15 is 0 Å². The van der Waals surface area contributed by atoms with E-state index < -0.39 is 8.69 Å². The first kappa shape index (κ1) is 6.14. The summed E-state index contributed by atoms with van der Waals surface area (Å²) in [5.41, 5.74) is 0.136. The Morgan fingerprint density at radius 2 is 2.25 bits per heavy atom. The molecule has 2 atom stereocenters. The fourth-order valence-electron chi connectivity index (χ4n) is 0.517. The Hall–Kier alpha value is 0.0200. The van der Waals surface area contributed by atoms with E-state index in [2.05, 4.69) is 4.62 Å². The van der Waals surface area contributed by atoms with Crippen molar-refractivity contribution < 1.29 is 9.19 Å². The van der Waals surface area contributed by atoms with Crippen molar-refractivity contribution in [3.8, 4) is 0 Å². The maximum absolute atomic E-state index is 9.83. The number of hydrogen-bond donors (Lipinski definition) is 0. The van der Waals surface area contributed by atoms with Crippen LogP contribution < -0.4 is 0 Å². The van der Waals surface area contributed by atoms with Crippen molar-refractivity contribution in [2.45, 2.75) is 19.4 Å². The molecule has 8 heavy (non-hydrogen) atoms. The van der Waals surface area contributed by atoms with Gasteiger partial charge in [0.05, 0.1) is 5.54 Å². The van der Waals surface area contributed by atoms with Gasteiger partial charge in [0.25, 0.3) is 0 Å². The first-order valence-corrected chi connectivity index (χ1v) is 3.30. The molecule has 0 aromatic rings. The van der Waals surface area contributed by atoms with Crippen molar-refractivity contribution in [2.24, 2.45) is 0 Å². The van der Waals surface area contributed by atoms with Gasteiger partial charge in [-0.25, -0.2) is 0 Å². The van der Waals surface area contributed by atoms with Gasteiger partial charge in [-0.15, -0.1) is 5.06 Å². The fraction of sp³-hybridized carbons (Fsp3) is 1.00. The second kappa shape index (κ2) is 1.76. The lowest BCUT2D eigenvalue weighted by Gasteiger charge is -1.92. The third-order valence-electron chi connectivity index (χ3n) is 1.25. The Morgan fingerprint density at radius 1 is 1.75 bits per heavy atom. The third kappa shape index (κ3) is 1.05. The molecule has 0 saturated carbocycles. The Labute approximate surface area is 49.9 Å². The van der Waals surface area contributed by atoms with E-state index in [1.807, 2.05) is 13.8 Å². The van der Waals surface area contributed by atoms with E-state index in [9.17, 15) is 4.57 Å². The molecule has 0 amide bonds. The van der Waals surface area contributed by atoms with E-state index in [0.29, 0.717) is 0 Å². The van der Waals surface area contributed by atoms with Crippen LogP contribution in [-0.2, 0) is 9.19 Å². The maximum Gasteiger partial charge on any atom is 0.513 e. The minimum Gasteiger partial charge on any atom is -0.130 e. The topological polar surface area (TPSA) is 29.3 Å². The summed E-state index contributed by atoms with van der Waals surface area (Å²) in [5.74, 6) is 0. The van der Waals surface area contributed by atoms with E-state index in [4.69, 9.17) is 0 Å². The molecule has 0 radical (unpaired) electrons. The minimum absolute atomic E-state index is 0.136. The van der Waals surface area contributed by atoms with Gasteiger partial charge in [0, 0.05) is 6.54 Å². The van der Waals surface area contributed by atoms with Crippen LogP contribution in [0.2, 0.25) is 0 Å². The van der Waals surface area contributed by atoms with Crippen molar-refractivity contribution in [3.05, 3.63) is 0 Å². The van der Waals surface area contributed by atoms with Gasteiger partial charge in [0.2, 0.25) is 0 Å². The highest BCUT2D eigenvalue weighted by molar-refractivity contribution is 7.17. The van der Waals surface area contributed by atoms with Crippen LogP contribution in [0.3, 0.4) is 0 Å². The smallest absolute Gasteiger partial charge is 0.130 e. The van der Waals surface area contributed by atoms with E-state index in [0.717, 1.165) is 6.54 Å². The summed E-state index contributed by atoms with van der Waals surface area (Å²) >= 11 is 0. The predicted molar refractivity (Wildman–Crippen MR) is 30.9 cm³/mol. The number of hydrogen-bond acceptors (Lipinski definition) is 3. The zero-order valence-electron chi connectivity index (χ0n) is 4.97. The number of hydroxylamine groups is 2. The Bertz CT molecular complexity index is 115. The summed E-state index contributed by atoms with van der Waals surface area (Å²) in [6, 6.07) is 0. The van der Waals surface area contributed by atoms with Gasteiger partial charge in [0.1, 0.15) is 0 Å². The van der Waals surface area contributed by atoms with E-state index in [1.165, 1.54) is 0 Å². The Balaban J connectivity index is 2.26. The predicted octanol–water partition coefficient (Wildman–Crippen LogP) is 0.951. The second-order valence-corrected chi connectivity index (χ2v) is 2.87. The molecule has 0 aliphatic carbocycles. The zero-order chi connectivity index (χ0) is 6.20. The maximum atomic E-state index is 9.83. The van der Waals surface area contributed by atoms with Gasteiger partial charge >= 0.3 is 8.69 Å². The summed E-state index contributed by atoms with van der Waals surface area (Å²) in [6.45, 7) is 4.96. The van der Waals surface area contributed by atoms with E-state index in [1.54, 1.807) is 5.06 Å². The summed E-state index contributed by atoms with van der Waals surface area (Å²) in [5, 5.41) is 1.69. The van der Waals surface area contributed by atoms with Gasteiger partial charge < -0.3 is 0 Å². The molecule has 1 rings (SSSR count). The molecule has 2 unspecified atom stereocenters. The van der Waals surface area contributed by atoms with Crippen LogP contribution in [0.25, 0.3) is 0 Å². The SMILES string of the molecule is CC1(C)CN1O[PH+]=O. The molecular formula is C4H9NO2P+. The van der Waals surface area contributed by atoms with Gasteiger partial charge in [0.15, 0.2) is 0 Å². The normalized spacial score (nSPS) is 33.0. The van der Waals surface area contributed by atoms with E-state index in [-0.39, 0.29) is 5.54 Å². The molecule has 0 aromatic carbocycles. The molecule has 4 heteroatoms. The number of rotatable bonds is 2. The van der Waals surface area contributed by atoms with Crippen LogP contribution in [0.1, 0.15) is 13.8 Å².